The molecule has 0 radical (unpaired) electrons. The van der Waals surface area contributed by atoms with Gasteiger partial charge >= 0.3 is 0 Å². The maximum Gasteiger partial charge on any atom is 0.161 e. The summed E-state index contributed by atoms with van der Waals surface area (Å²) >= 11 is 4.28. The van der Waals surface area contributed by atoms with Crippen molar-refractivity contribution in [2.24, 2.45) is 0 Å². The molecule has 0 aliphatic rings. The fraction of sp³-hybridized carbons (Fsp3) is 0.455. The molecule has 4 heteroatoms. The Labute approximate surface area is 96.2 Å². The number of nitrogens with one attached hydrogen (secondary N) is 1. The minimum absolute atomic E-state index is 0.230. The second-order valence-corrected chi connectivity index (χ2v) is 3.50. The van der Waals surface area contributed by atoms with Gasteiger partial charge in [-0.2, -0.15) is 12.6 Å². The third-order valence-electron chi connectivity index (χ3n) is 2.34. The first-order valence-electron chi connectivity index (χ1n) is 4.76. The molecule has 1 unspecified atom stereocenters. The fourth-order valence-electron chi connectivity index (χ4n) is 1.43. The zero-order valence-corrected chi connectivity index (χ0v) is 10.2. The van der Waals surface area contributed by atoms with E-state index >= 15 is 0 Å². The molecule has 0 aromatic heterocycles. The lowest BCUT2D eigenvalue weighted by Gasteiger charge is -2.16. The predicted molar refractivity (Wildman–Crippen MR) is 65.2 cm³/mol. The van der Waals surface area contributed by atoms with Gasteiger partial charge in [-0.25, -0.2) is 0 Å². The summed E-state index contributed by atoms with van der Waals surface area (Å²) in [5, 5.41) is 3.18. The number of ether oxygens (including phenoxy) is 2. The number of rotatable bonds is 5. The van der Waals surface area contributed by atoms with Crippen LogP contribution >= 0.6 is 12.6 Å². The van der Waals surface area contributed by atoms with Crippen LogP contribution in [-0.2, 0) is 0 Å². The molecule has 0 aliphatic heterocycles. The van der Waals surface area contributed by atoms with E-state index in [0.717, 1.165) is 22.8 Å². The van der Waals surface area contributed by atoms with Crippen LogP contribution < -0.4 is 14.8 Å². The molecule has 1 aromatic carbocycles. The van der Waals surface area contributed by atoms with Crippen LogP contribution in [0, 0.1) is 0 Å². The van der Waals surface area contributed by atoms with Gasteiger partial charge in [0.15, 0.2) is 11.5 Å². The molecule has 0 fully saturated rings. The van der Waals surface area contributed by atoms with E-state index in [1.165, 1.54) is 0 Å². The highest BCUT2D eigenvalue weighted by Gasteiger charge is 2.10. The zero-order valence-electron chi connectivity index (χ0n) is 9.28. The van der Waals surface area contributed by atoms with Gasteiger partial charge in [-0.15, -0.1) is 0 Å². The molecule has 1 atom stereocenters. The van der Waals surface area contributed by atoms with Crippen LogP contribution in [0.1, 0.15) is 11.6 Å². The van der Waals surface area contributed by atoms with Crippen molar-refractivity contribution in [3.63, 3.8) is 0 Å². The van der Waals surface area contributed by atoms with E-state index < -0.39 is 0 Å². The number of benzene rings is 1. The quantitative estimate of drug-likeness (QED) is 0.753. The molecule has 0 spiro atoms. The molecule has 0 aliphatic carbocycles. The van der Waals surface area contributed by atoms with E-state index in [4.69, 9.17) is 9.47 Å². The third-order valence-corrected chi connectivity index (χ3v) is 2.71. The van der Waals surface area contributed by atoms with Crippen LogP contribution in [-0.4, -0.2) is 27.0 Å². The van der Waals surface area contributed by atoms with Gasteiger partial charge < -0.3 is 14.8 Å². The summed E-state index contributed by atoms with van der Waals surface area (Å²) in [4.78, 5) is 0. The maximum absolute atomic E-state index is 5.24. The molecular weight excluding hydrogens is 210 g/mol. The Kier molecular flexibility index (Phi) is 4.78. The smallest absolute Gasteiger partial charge is 0.161 e. The van der Waals surface area contributed by atoms with Crippen LogP contribution in [0.15, 0.2) is 18.2 Å². The molecule has 0 saturated carbocycles. The first-order chi connectivity index (χ1) is 7.26. The lowest BCUT2D eigenvalue weighted by atomic mass is 10.1. The van der Waals surface area contributed by atoms with Gasteiger partial charge in [0.1, 0.15) is 0 Å². The maximum atomic E-state index is 5.24. The van der Waals surface area contributed by atoms with E-state index in [2.05, 4.69) is 17.9 Å². The van der Waals surface area contributed by atoms with Gasteiger partial charge in [0.05, 0.1) is 14.2 Å². The van der Waals surface area contributed by atoms with Crippen molar-refractivity contribution < 1.29 is 9.47 Å². The molecule has 0 amide bonds. The van der Waals surface area contributed by atoms with E-state index in [-0.39, 0.29) is 6.04 Å². The highest BCUT2D eigenvalue weighted by molar-refractivity contribution is 7.80. The Morgan fingerprint density at radius 3 is 2.40 bits per heavy atom. The Hall–Kier alpha value is -0.870. The molecule has 1 rings (SSSR count). The van der Waals surface area contributed by atoms with E-state index in [1.807, 2.05) is 25.2 Å². The van der Waals surface area contributed by atoms with Crippen molar-refractivity contribution >= 4 is 12.6 Å². The topological polar surface area (TPSA) is 30.5 Å². The van der Waals surface area contributed by atoms with Crippen LogP contribution in [0.25, 0.3) is 0 Å². The number of thiol groups is 1. The van der Waals surface area contributed by atoms with Crippen LogP contribution in [0.3, 0.4) is 0 Å². The molecular formula is C11H17NO2S. The summed E-state index contributed by atoms with van der Waals surface area (Å²) in [5.41, 5.74) is 1.14. The van der Waals surface area contributed by atoms with Crippen LogP contribution in [0.4, 0.5) is 0 Å². The lowest BCUT2D eigenvalue weighted by molar-refractivity contribution is 0.354. The third kappa shape index (κ3) is 2.79. The molecule has 1 aromatic rings. The Morgan fingerprint density at radius 1 is 1.27 bits per heavy atom. The molecule has 0 heterocycles. The van der Waals surface area contributed by atoms with Gasteiger partial charge in [-0.1, -0.05) is 6.07 Å². The highest BCUT2D eigenvalue weighted by Crippen LogP contribution is 2.30. The number of hydrogen-bond donors (Lipinski definition) is 2. The Morgan fingerprint density at radius 2 is 1.93 bits per heavy atom. The molecule has 84 valence electrons. The number of methoxy groups -OCH3 is 2. The van der Waals surface area contributed by atoms with Gasteiger partial charge in [-0.05, 0) is 24.7 Å². The second-order valence-electron chi connectivity index (χ2n) is 3.14. The fourth-order valence-corrected chi connectivity index (χ4v) is 1.83. The summed E-state index contributed by atoms with van der Waals surface area (Å²) in [6, 6.07) is 6.12. The van der Waals surface area contributed by atoms with Crippen molar-refractivity contribution in [2.45, 2.75) is 6.04 Å². The molecule has 0 bridgehead atoms. The Bertz CT molecular complexity index is 313. The highest BCUT2D eigenvalue weighted by atomic mass is 32.1. The van der Waals surface area contributed by atoms with E-state index in [9.17, 15) is 0 Å². The summed E-state index contributed by atoms with van der Waals surface area (Å²) in [5.74, 6) is 2.23. The largest absolute Gasteiger partial charge is 0.493 e. The molecule has 0 saturated heterocycles. The average molecular weight is 227 g/mol. The summed E-state index contributed by atoms with van der Waals surface area (Å²) in [7, 11) is 5.18. The van der Waals surface area contributed by atoms with Gasteiger partial charge in [-0.3, -0.25) is 0 Å². The van der Waals surface area contributed by atoms with Gasteiger partial charge in [0.2, 0.25) is 0 Å². The Balaban J connectivity index is 3.01. The van der Waals surface area contributed by atoms with E-state index in [1.54, 1.807) is 14.2 Å². The van der Waals surface area contributed by atoms with Crippen LogP contribution in [0.5, 0.6) is 11.5 Å². The van der Waals surface area contributed by atoms with Crippen molar-refractivity contribution in [3.05, 3.63) is 23.8 Å². The van der Waals surface area contributed by atoms with Gasteiger partial charge in [0, 0.05) is 11.8 Å². The first kappa shape index (κ1) is 12.2. The van der Waals surface area contributed by atoms with Crippen molar-refractivity contribution in [1.82, 2.24) is 5.32 Å². The van der Waals surface area contributed by atoms with Crippen molar-refractivity contribution in [1.29, 1.82) is 0 Å². The first-order valence-corrected chi connectivity index (χ1v) is 5.40. The van der Waals surface area contributed by atoms with Crippen LogP contribution in [0.2, 0.25) is 0 Å². The molecule has 15 heavy (non-hydrogen) atoms. The summed E-state index contributed by atoms with van der Waals surface area (Å²) < 4.78 is 10.4. The molecule has 1 N–H and O–H groups in total. The zero-order chi connectivity index (χ0) is 11.3. The second kappa shape index (κ2) is 5.88. The number of hydrogen-bond acceptors (Lipinski definition) is 4. The average Bonchev–Trinajstić information content (AvgIpc) is 2.30. The minimum Gasteiger partial charge on any atom is -0.493 e. The SMILES string of the molecule is CNC(CS)c1ccc(OC)c(OC)c1. The predicted octanol–water partition coefficient (Wildman–Crippen LogP) is 1.89. The standard InChI is InChI=1S/C11H17NO2S/c1-12-9(7-15)8-4-5-10(13-2)11(6-8)14-3/h4-6,9,12,15H,7H2,1-3H3. The summed E-state index contributed by atoms with van der Waals surface area (Å²) in [6.07, 6.45) is 0. The lowest BCUT2D eigenvalue weighted by Crippen LogP contribution is -2.17. The monoisotopic (exact) mass is 227 g/mol. The van der Waals surface area contributed by atoms with Crippen molar-refractivity contribution in [2.75, 3.05) is 27.0 Å². The normalized spacial score (nSPS) is 12.3. The minimum atomic E-state index is 0.230. The van der Waals surface area contributed by atoms with E-state index in [0.29, 0.717) is 0 Å². The summed E-state index contributed by atoms with van der Waals surface area (Å²) in [6.45, 7) is 0. The van der Waals surface area contributed by atoms with Gasteiger partial charge in [0.25, 0.3) is 0 Å². The molecule has 3 nitrogen and oxygen atoms in total. The van der Waals surface area contributed by atoms with Crippen molar-refractivity contribution in [3.8, 4) is 11.5 Å².